The van der Waals surface area contributed by atoms with E-state index in [4.69, 9.17) is 5.73 Å². The molecule has 1 aromatic rings. The normalized spacial score (nSPS) is 13.9. The molecule has 0 saturated heterocycles. The molecule has 2 N–H and O–H groups in total. The number of rotatable bonds is 4. The summed E-state index contributed by atoms with van der Waals surface area (Å²) in [6, 6.07) is 0.180. The van der Waals surface area contributed by atoms with E-state index in [-0.39, 0.29) is 12.6 Å². The molecule has 0 spiro atoms. The summed E-state index contributed by atoms with van der Waals surface area (Å²) >= 11 is 0. The van der Waals surface area contributed by atoms with E-state index < -0.39 is 12.3 Å². The Morgan fingerprint density at radius 2 is 2.14 bits per heavy atom. The van der Waals surface area contributed by atoms with Crippen LogP contribution < -0.4 is 5.73 Å². The molecule has 1 atom stereocenters. The number of hydrogen-bond acceptors (Lipinski definition) is 2. The molecule has 0 aromatic carbocycles. The lowest BCUT2D eigenvalue weighted by Crippen LogP contribution is -2.19. The molecular weight excluding hydrogens is 188 g/mol. The Balaban J connectivity index is 2.84. The fraction of sp³-hybridized carbons (Fsp3) is 0.667. The second-order valence-electron chi connectivity index (χ2n) is 3.52. The molecule has 14 heavy (non-hydrogen) atoms. The van der Waals surface area contributed by atoms with E-state index in [2.05, 4.69) is 5.10 Å². The topological polar surface area (TPSA) is 43.8 Å². The Kier molecular flexibility index (Phi) is 3.57. The first-order chi connectivity index (χ1) is 6.56. The summed E-state index contributed by atoms with van der Waals surface area (Å²) in [5, 5.41) is 3.99. The van der Waals surface area contributed by atoms with Crippen LogP contribution in [0.25, 0.3) is 0 Å². The third kappa shape index (κ3) is 2.29. The number of aromatic nitrogens is 2. The molecule has 1 aromatic heterocycles. The summed E-state index contributed by atoms with van der Waals surface area (Å²) < 4.78 is 26.6. The zero-order chi connectivity index (χ0) is 10.7. The molecule has 0 aliphatic carbocycles. The van der Waals surface area contributed by atoms with Crippen molar-refractivity contribution in [2.24, 2.45) is 5.73 Å². The maximum atomic E-state index is 12.5. The van der Waals surface area contributed by atoms with Crippen LogP contribution in [0, 0.1) is 0 Å². The van der Waals surface area contributed by atoms with Crippen molar-refractivity contribution in [1.82, 2.24) is 9.78 Å². The molecule has 5 heteroatoms. The molecule has 1 rings (SSSR count). The lowest BCUT2D eigenvalue weighted by Gasteiger charge is -2.10. The number of nitrogens with zero attached hydrogens (tertiary/aromatic N) is 2. The van der Waals surface area contributed by atoms with Crippen molar-refractivity contribution in [3.63, 3.8) is 0 Å². The molecule has 3 nitrogen and oxygen atoms in total. The van der Waals surface area contributed by atoms with E-state index in [0.29, 0.717) is 5.56 Å². The molecule has 80 valence electrons. The van der Waals surface area contributed by atoms with Gasteiger partial charge < -0.3 is 5.73 Å². The Hall–Kier alpha value is -0.970. The first kappa shape index (κ1) is 11.1. The van der Waals surface area contributed by atoms with Crippen molar-refractivity contribution in [3.8, 4) is 0 Å². The Morgan fingerprint density at radius 1 is 1.50 bits per heavy atom. The maximum absolute atomic E-state index is 12.5. The van der Waals surface area contributed by atoms with Gasteiger partial charge in [-0.3, -0.25) is 4.68 Å². The highest BCUT2D eigenvalue weighted by molar-refractivity contribution is 5.13. The van der Waals surface area contributed by atoms with Gasteiger partial charge in [0, 0.05) is 24.3 Å². The van der Waals surface area contributed by atoms with Crippen molar-refractivity contribution in [1.29, 1.82) is 0 Å². The minimum atomic E-state index is -2.43. The van der Waals surface area contributed by atoms with Crippen LogP contribution in [0.5, 0.6) is 0 Å². The average molecular weight is 203 g/mol. The average Bonchev–Trinajstić information content (AvgIpc) is 2.53. The number of nitrogens with two attached hydrogens (primary N) is 1. The highest BCUT2D eigenvalue weighted by Crippen LogP contribution is 2.22. The predicted molar refractivity (Wildman–Crippen MR) is 50.4 cm³/mol. The quantitative estimate of drug-likeness (QED) is 0.810. The van der Waals surface area contributed by atoms with Gasteiger partial charge in [-0.05, 0) is 13.8 Å². The number of halogens is 2. The molecule has 0 fully saturated rings. The number of alkyl halides is 2. The fourth-order valence-corrected chi connectivity index (χ4v) is 1.21. The van der Waals surface area contributed by atoms with Gasteiger partial charge in [0.15, 0.2) is 0 Å². The van der Waals surface area contributed by atoms with E-state index >= 15 is 0 Å². The number of hydrogen-bond donors (Lipinski definition) is 1. The first-order valence-electron chi connectivity index (χ1n) is 4.58. The van der Waals surface area contributed by atoms with E-state index in [0.717, 1.165) is 0 Å². The van der Waals surface area contributed by atoms with E-state index in [1.165, 1.54) is 6.20 Å². The van der Waals surface area contributed by atoms with Crippen LogP contribution in [0.2, 0.25) is 0 Å². The van der Waals surface area contributed by atoms with Gasteiger partial charge in [0.25, 0.3) is 0 Å². The lowest BCUT2D eigenvalue weighted by molar-refractivity contribution is 0.117. The van der Waals surface area contributed by atoms with Crippen LogP contribution in [0.15, 0.2) is 12.4 Å². The van der Waals surface area contributed by atoms with Crippen molar-refractivity contribution in [2.45, 2.75) is 32.2 Å². The minimum Gasteiger partial charge on any atom is -0.330 e. The molecule has 0 aliphatic rings. The van der Waals surface area contributed by atoms with Crippen molar-refractivity contribution in [2.75, 3.05) is 6.54 Å². The Morgan fingerprint density at radius 3 is 2.50 bits per heavy atom. The summed E-state index contributed by atoms with van der Waals surface area (Å²) in [5.41, 5.74) is 5.78. The van der Waals surface area contributed by atoms with Gasteiger partial charge in [0.05, 0.1) is 12.1 Å². The van der Waals surface area contributed by atoms with Crippen molar-refractivity contribution in [3.05, 3.63) is 18.0 Å². The molecule has 0 aliphatic heterocycles. The van der Waals surface area contributed by atoms with E-state index in [9.17, 15) is 8.78 Å². The van der Waals surface area contributed by atoms with Gasteiger partial charge >= 0.3 is 0 Å². The van der Waals surface area contributed by atoms with Gasteiger partial charge in [0.2, 0.25) is 6.43 Å². The van der Waals surface area contributed by atoms with Crippen LogP contribution in [0.3, 0.4) is 0 Å². The van der Waals surface area contributed by atoms with Gasteiger partial charge in [-0.1, -0.05) is 0 Å². The van der Waals surface area contributed by atoms with E-state index in [1.807, 2.05) is 13.8 Å². The SMILES string of the molecule is CC(C)n1cc(C(CN)C(F)F)cn1. The zero-order valence-electron chi connectivity index (χ0n) is 8.32. The Bertz CT molecular complexity index is 283. The monoisotopic (exact) mass is 203 g/mol. The maximum Gasteiger partial charge on any atom is 0.246 e. The van der Waals surface area contributed by atoms with Gasteiger partial charge in [0.1, 0.15) is 0 Å². The van der Waals surface area contributed by atoms with Gasteiger partial charge in [-0.2, -0.15) is 5.10 Å². The minimum absolute atomic E-state index is 0.0541. The predicted octanol–water partition coefficient (Wildman–Crippen LogP) is 1.77. The summed E-state index contributed by atoms with van der Waals surface area (Å²) in [6.07, 6.45) is 0.669. The van der Waals surface area contributed by atoms with Crippen molar-refractivity contribution < 1.29 is 8.78 Å². The summed E-state index contributed by atoms with van der Waals surface area (Å²) in [4.78, 5) is 0. The van der Waals surface area contributed by atoms with Crippen molar-refractivity contribution >= 4 is 0 Å². The zero-order valence-corrected chi connectivity index (χ0v) is 8.32. The van der Waals surface area contributed by atoms with Crippen LogP contribution >= 0.6 is 0 Å². The van der Waals surface area contributed by atoms with E-state index in [1.54, 1.807) is 10.9 Å². The smallest absolute Gasteiger partial charge is 0.246 e. The molecule has 0 amide bonds. The largest absolute Gasteiger partial charge is 0.330 e. The molecule has 1 unspecified atom stereocenters. The molecule has 1 heterocycles. The molecule has 0 bridgehead atoms. The summed E-state index contributed by atoms with van der Waals surface area (Å²) in [6.45, 7) is 3.83. The van der Waals surface area contributed by atoms with Crippen LogP contribution in [-0.4, -0.2) is 22.8 Å². The summed E-state index contributed by atoms with van der Waals surface area (Å²) in [7, 11) is 0. The first-order valence-corrected chi connectivity index (χ1v) is 4.58. The highest BCUT2D eigenvalue weighted by atomic mass is 19.3. The van der Waals surface area contributed by atoms with Crippen LogP contribution in [0.1, 0.15) is 31.4 Å². The Labute approximate surface area is 81.9 Å². The highest BCUT2D eigenvalue weighted by Gasteiger charge is 2.22. The summed E-state index contributed by atoms with van der Waals surface area (Å²) in [5.74, 6) is -0.900. The third-order valence-electron chi connectivity index (χ3n) is 2.14. The van der Waals surface area contributed by atoms with Gasteiger partial charge in [-0.15, -0.1) is 0 Å². The van der Waals surface area contributed by atoms with Gasteiger partial charge in [-0.25, -0.2) is 8.78 Å². The standard InChI is InChI=1S/C9H15F2N3/c1-6(2)14-5-7(4-13-14)8(3-12)9(10)11/h4-6,8-9H,3,12H2,1-2H3. The molecular formula is C9H15F2N3. The lowest BCUT2D eigenvalue weighted by atomic mass is 10.0. The van der Waals surface area contributed by atoms with Crippen LogP contribution in [0.4, 0.5) is 8.78 Å². The second-order valence-corrected chi connectivity index (χ2v) is 3.52. The molecule has 0 saturated carbocycles. The van der Waals surface area contributed by atoms with Crippen LogP contribution in [-0.2, 0) is 0 Å². The second kappa shape index (κ2) is 4.50. The fourth-order valence-electron chi connectivity index (χ4n) is 1.21. The third-order valence-corrected chi connectivity index (χ3v) is 2.14. The molecule has 0 radical (unpaired) electrons.